The normalized spacial score (nSPS) is 14.3. The highest BCUT2D eigenvalue weighted by Gasteiger charge is 2.25. The van der Waals surface area contributed by atoms with Crippen LogP contribution < -0.4 is 4.90 Å². The van der Waals surface area contributed by atoms with Crippen LogP contribution in [0.5, 0.6) is 0 Å². The number of aromatic nitrogens is 4. The zero-order chi connectivity index (χ0) is 25.2. The molecule has 1 fully saturated rings. The Kier molecular flexibility index (Phi) is 7.12. The Balaban J connectivity index is 1.48. The molecule has 0 aliphatic carbocycles. The summed E-state index contributed by atoms with van der Waals surface area (Å²) in [5.74, 6) is 1.67. The van der Waals surface area contributed by atoms with Crippen molar-refractivity contribution < 1.29 is 4.79 Å². The Morgan fingerprint density at radius 1 is 0.972 bits per heavy atom. The van der Waals surface area contributed by atoms with Crippen LogP contribution in [0.3, 0.4) is 0 Å². The summed E-state index contributed by atoms with van der Waals surface area (Å²) >= 11 is 12.2. The molecule has 0 unspecified atom stereocenters. The predicted octanol–water partition coefficient (Wildman–Crippen LogP) is 5.74. The smallest absolute Gasteiger partial charge is 0.253 e. The molecule has 1 aliphatic heterocycles. The topological polar surface area (TPSA) is 67.2 Å². The predicted molar refractivity (Wildman–Crippen MR) is 145 cm³/mol. The standard InChI is InChI=1S/C27H28Cl2N6O/c1-3-8-23-30-25(24-18(2)32-35(26(24)31-23)20-9-5-4-6-10-20)33-13-7-14-34(16-15-33)27(36)19-11-12-21(28)22(29)17-19/h4-6,9-12,17H,3,7-8,13-16H2,1-2H3. The monoisotopic (exact) mass is 522 g/mol. The summed E-state index contributed by atoms with van der Waals surface area (Å²) in [6.45, 7) is 6.84. The number of carbonyl (C=O) groups is 1. The van der Waals surface area contributed by atoms with Crippen molar-refractivity contribution in [3.05, 3.63) is 75.7 Å². The first kappa shape index (κ1) is 24.5. The van der Waals surface area contributed by atoms with Crippen molar-refractivity contribution in [2.75, 3.05) is 31.1 Å². The van der Waals surface area contributed by atoms with Gasteiger partial charge in [-0.3, -0.25) is 4.79 Å². The highest BCUT2D eigenvalue weighted by molar-refractivity contribution is 6.42. The fraction of sp³-hybridized carbons (Fsp3) is 0.333. The summed E-state index contributed by atoms with van der Waals surface area (Å²) in [4.78, 5) is 27.3. The number of halogens is 2. The van der Waals surface area contributed by atoms with Gasteiger partial charge in [-0.05, 0) is 50.1 Å². The van der Waals surface area contributed by atoms with E-state index in [1.807, 2.05) is 46.8 Å². The van der Waals surface area contributed by atoms with Gasteiger partial charge in [0.05, 0.1) is 26.8 Å². The summed E-state index contributed by atoms with van der Waals surface area (Å²) in [6.07, 6.45) is 2.57. The molecule has 1 amide bonds. The molecule has 0 saturated carbocycles. The molecule has 4 aromatic rings. The molecule has 2 aromatic carbocycles. The fourth-order valence-electron chi connectivity index (χ4n) is 4.66. The van der Waals surface area contributed by atoms with Crippen molar-refractivity contribution >= 4 is 46.0 Å². The van der Waals surface area contributed by atoms with Crippen molar-refractivity contribution in [2.45, 2.75) is 33.1 Å². The van der Waals surface area contributed by atoms with E-state index in [-0.39, 0.29) is 5.91 Å². The molecule has 7 nitrogen and oxygen atoms in total. The second-order valence-corrected chi connectivity index (χ2v) is 9.82. The number of hydrogen-bond donors (Lipinski definition) is 0. The first-order chi connectivity index (χ1) is 17.5. The van der Waals surface area contributed by atoms with Crippen molar-refractivity contribution in [2.24, 2.45) is 0 Å². The second-order valence-electron chi connectivity index (χ2n) is 9.01. The number of benzene rings is 2. The Labute approximate surface area is 220 Å². The SMILES string of the molecule is CCCc1nc(N2CCCN(C(=O)c3ccc(Cl)c(Cl)c3)CC2)c2c(C)nn(-c3ccccc3)c2n1. The molecule has 0 N–H and O–H groups in total. The summed E-state index contributed by atoms with van der Waals surface area (Å²) < 4.78 is 1.91. The first-order valence-electron chi connectivity index (χ1n) is 12.3. The summed E-state index contributed by atoms with van der Waals surface area (Å²) in [7, 11) is 0. The molecule has 36 heavy (non-hydrogen) atoms. The minimum Gasteiger partial charge on any atom is -0.354 e. The molecule has 9 heteroatoms. The van der Waals surface area contributed by atoms with Crippen molar-refractivity contribution in [3.63, 3.8) is 0 Å². The fourth-order valence-corrected chi connectivity index (χ4v) is 4.96. The lowest BCUT2D eigenvalue weighted by Gasteiger charge is -2.24. The first-order valence-corrected chi connectivity index (χ1v) is 13.0. The Hall–Kier alpha value is -3.16. The maximum Gasteiger partial charge on any atom is 0.253 e. The van der Waals surface area contributed by atoms with E-state index < -0.39 is 0 Å². The maximum absolute atomic E-state index is 13.2. The van der Waals surface area contributed by atoms with Gasteiger partial charge in [-0.25, -0.2) is 14.6 Å². The van der Waals surface area contributed by atoms with Crippen LogP contribution in [-0.2, 0) is 6.42 Å². The van der Waals surface area contributed by atoms with Crippen LogP contribution in [0.2, 0.25) is 10.0 Å². The number of anilines is 1. The molecule has 5 rings (SSSR count). The molecular formula is C27H28Cl2N6O. The van der Waals surface area contributed by atoms with Crippen LogP contribution in [0, 0.1) is 6.92 Å². The summed E-state index contributed by atoms with van der Waals surface area (Å²) in [5.41, 5.74) is 3.23. The molecule has 0 bridgehead atoms. The average molecular weight is 523 g/mol. The zero-order valence-corrected chi connectivity index (χ0v) is 21.9. The number of carbonyl (C=O) groups excluding carboxylic acids is 1. The number of rotatable bonds is 5. The Morgan fingerprint density at radius 3 is 2.53 bits per heavy atom. The Bertz CT molecular complexity index is 1400. The van der Waals surface area contributed by atoms with Crippen LogP contribution in [-0.4, -0.2) is 56.7 Å². The van der Waals surface area contributed by atoms with Gasteiger partial charge in [0, 0.05) is 38.2 Å². The molecule has 0 radical (unpaired) electrons. The van der Waals surface area contributed by atoms with Crippen molar-refractivity contribution in [3.8, 4) is 5.69 Å². The Morgan fingerprint density at radius 2 is 1.78 bits per heavy atom. The lowest BCUT2D eigenvalue weighted by Crippen LogP contribution is -2.35. The second kappa shape index (κ2) is 10.4. The zero-order valence-electron chi connectivity index (χ0n) is 20.4. The van der Waals surface area contributed by atoms with Crippen LogP contribution >= 0.6 is 23.2 Å². The number of nitrogens with zero attached hydrogens (tertiary/aromatic N) is 6. The highest BCUT2D eigenvalue weighted by Crippen LogP contribution is 2.30. The summed E-state index contributed by atoms with van der Waals surface area (Å²) in [5, 5.41) is 6.63. The number of para-hydroxylation sites is 1. The van der Waals surface area contributed by atoms with Gasteiger partial charge in [0.1, 0.15) is 11.6 Å². The van der Waals surface area contributed by atoms with E-state index >= 15 is 0 Å². The lowest BCUT2D eigenvalue weighted by atomic mass is 10.2. The van der Waals surface area contributed by atoms with Crippen molar-refractivity contribution in [1.29, 1.82) is 0 Å². The van der Waals surface area contributed by atoms with Gasteiger partial charge >= 0.3 is 0 Å². The molecule has 2 aromatic heterocycles. The summed E-state index contributed by atoms with van der Waals surface area (Å²) in [6, 6.07) is 15.1. The van der Waals surface area contributed by atoms with E-state index in [1.165, 1.54) is 0 Å². The number of hydrogen-bond acceptors (Lipinski definition) is 5. The molecule has 186 valence electrons. The van der Waals surface area contributed by atoms with Gasteiger partial charge in [0.25, 0.3) is 5.91 Å². The van der Waals surface area contributed by atoms with Gasteiger partial charge < -0.3 is 9.80 Å². The third-order valence-electron chi connectivity index (χ3n) is 6.45. The molecule has 1 saturated heterocycles. The van der Waals surface area contributed by atoms with E-state index in [9.17, 15) is 4.79 Å². The van der Waals surface area contributed by atoms with E-state index in [1.54, 1.807) is 18.2 Å². The third-order valence-corrected chi connectivity index (χ3v) is 7.19. The van der Waals surface area contributed by atoms with Crippen LogP contribution in [0.25, 0.3) is 16.7 Å². The van der Waals surface area contributed by atoms with Crippen LogP contribution in [0.1, 0.15) is 41.6 Å². The molecular weight excluding hydrogens is 495 g/mol. The lowest BCUT2D eigenvalue weighted by molar-refractivity contribution is 0.0767. The number of amides is 1. The quantitative estimate of drug-likeness (QED) is 0.334. The van der Waals surface area contributed by atoms with Crippen LogP contribution in [0.15, 0.2) is 48.5 Å². The largest absolute Gasteiger partial charge is 0.354 e. The molecule has 3 heterocycles. The van der Waals surface area contributed by atoms with Crippen LogP contribution in [0.4, 0.5) is 5.82 Å². The average Bonchev–Trinajstić information content (AvgIpc) is 3.05. The van der Waals surface area contributed by atoms with Gasteiger partial charge in [-0.1, -0.05) is 48.3 Å². The van der Waals surface area contributed by atoms with Crippen molar-refractivity contribution in [1.82, 2.24) is 24.6 Å². The minimum atomic E-state index is -0.0389. The van der Waals surface area contributed by atoms with E-state index in [2.05, 4.69) is 11.8 Å². The number of aryl methyl sites for hydroxylation is 2. The minimum absolute atomic E-state index is 0.0389. The third kappa shape index (κ3) is 4.77. The van der Waals surface area contributed by atoms with E-state index in [4.69, 9.17) is 38.3 Å². The molecule has 0 atom stereocenters. The van der Waals surface area contributed by atoms with Gasteiger partial charge in [-0.15, -0.1) is 0 Å². The van der Waals surface area contributed by atoms with E-state index in [0.717, 1.165) is 59.9 Å². The molecule has 1 aliphatic rings. The molecule has 0 spiro atoms. The van der Waals surface area contributed by atoms with Gasteiger partial charge in [-0.2, -0.15) is 5.10 Å². The number of fused-ring (bicyclic) bond motifs is 1. The highest BCUT2D eigenvalue weighted by atomic mass is 35.5. The van der Waals surface area contributed by atoms with Gasteiger partial charge in [0.2, 0.25) is 0 Å². The maximum atomic E-state index is 13.2. The van der Waals surface area contributed by atoms with E-state index in [0.29, 0.717) is 35.2 Å². The van der Waals surface area contributed by atoms with Gasteiger partial charge in [0.15, 0.2) is 5.65 Å².